The number of aliphatic hydroxyl groups is 2. The summed E-state index contributed by atoms with van der Waals surface area (Å²) in [6.07, 6.45) is -0.832. The summed E-state index contributed by atoms with van der Waals surface area (Å²) >= 11 is 0. The molecule has 1 amide bonds. The monoisotopic (exact) mass is 350 g/mol. The number of likely N-dealkylation sites (N-methyl/N-ethyl adjacent to an activating group) is 1. The van der Waals surface area contributed by atoms with Gasteiger partial charge in [0.1, 0.15) is 24.3 Å². The molecule has 8 heteroatoms. The summed E-state index contributed by atoms with van der Waals surface area (Å²) in [5.41, 5.74) is 0.0915. The van der Waals surface area contributed by atoms with Gasteiger partial charge in [-0.2, -0.15) is 0 Å². The third kappa shape index (κ3) is 3.80. The SMILES string of the molecule is CN(C(=O)c1cc(COc2ccc(F)cc2)on1)[C@@H]1CC[C@@H](O)[C@@H]1O. The third-order valence-electron chi connectivity index (χ3n) is 4.34. The summed E-state index contributed by atoms with van der Waals surface area (Å²) < 4.78 is 23.4. The highest BCUT2D eigenvalue weighted by Gasteiger charge is 2.38. The molecule has 0 radical (unpaired) electrons. The minimum Gasteiger partial charge on any atom is -0.486 e. The Labute approximate surface area is 143 Å². The van der Waals surface area contributed by atoms with Gasteiger partial charge in [-0.05, 0) is 37.1 Å². The summed E-state index contributed by atoms with van der Waals surface area (Å²) in [4.78, 5) is 13.8. The van der Waals surface area contributed by atoms with Crippen LogP contribution in [0.2, 0.25) is 0 Å². The molecule has 1 aliphatic rings. The van der Waals surface area contributed by atoms with Crippen molar-refractivity contribution in [1.82, 2.24) is 10.1 Å². The molecule has 0 saturated heterocycles. The van der Waals surface area contributed by atoms with Crippen LogP contribution in [0, 0.1) is 5.82 Å². The van der Waals surface area contributed by atoms with Crippen LogP contribution in [0.4, 0.5) is 4.39 Å². The van der Waals surface area contributed by atoms with Gasteiger partial charge in [0.2, 0.25) is 0 Å². The number of amides is 1. The number of aromatic nitrogens is 1. The lowest BCUT2D eigenvalue weighted by molar-refractivity contribution is 0.00632. The van der Waals surface area contributed by atoms with Crippen LogP contribution in [0.1, 0.15) is 29.1 Å². The summed E-state index contributed by atoms with van der Waals surface area (Å²) in [6.45, 7) is 0.0421. The molecule has 3 rings (SSSR count). The zero-order valence-corrected chi connectivity index (χ0v) is 13.6. The Morgan fingerprint density at radius 1 is 1.36 bits per heavy atom. The van der Waals surface area contributed by atoms with E-state index in [0.717, 1.165) is 0 Å². The van der Waals surface area contributed by atoms with Crippen LogP contribution in [-0.4, -0.2) is 51.5 Å². The van der Waals surface area contributed by atoms with Gasteiger partial charge in [-0.25, -0.2) is 4.39 Å². The number of ether oxygens (including phenoxy) is 1. The van der Waals surface area contributed by atoms with Crippen LogP contribution in [0.15, 0.2) is 34.9 Å². The smallest absolute Gasteiger partial charge is 0.276 e. The molecule has 2 N–H and O–H groups in total. The Hall–Kier alpha value is -2.45. The lowest BCUT2D eigenvalue weighted by Gasteiger charge is -2.26. The van der Waals surface area contributed by atoms with E-state index >= 15 is 0 Å². The van der Waals surface area contributed by atoms with Crippen molar-refractivity contribution in [1.29, 1.82) is 0 Å². The van der Waals surface area contributed by atoms with Crippen molar-refractivity contribution in [2.75, 3.05) is 7.05 Å². The molecule has 134 valence electrons. The van der Waals surface area contributed by atoms with Crippen LogP contribution >= 0.6 is 0 Å². The molecule has 1 fully saturated rings. The molecule has 0 aliphatic heterocycles. The maximum Gasteiger partial charge on any atom is 0.276 e. The fourth-order valence-electron chi connectivity index (χ4n) is 2.86. The molecule has 1 aromatic carbocycles. The van der Waals surface area contributed by atoms with E-state index in [1.807, 2.05) is 0 Å². The largest absolute Gasteiger partial charge is 0.486 e. The van der Waals surface area contributed by atoms with E-state index in [2.05, 4.69) is 5.16 Å². The highest BCUT2D eigenvalue weighted by Crippen LogP contribution is 2.25. The summed E-state index contributed by atoms with van der Waals surface area (Å²) in [5, 5.41) is 23.3. The summed E-state index contributed by atoms with van der Waals surface area (Å²) in [7, 11) is 1.55. The molecule has 1 aliphatic carbocycles. The van der Waals surface area contributed by atoms with Gasteiger partial charge in [-0.1, -0.05) is 5.16 Å². The van der Waals surface area contributed by atoms with E-state index in [1.54, 1.807) is 7.05 Å². The Bertz CT molecular complexity index is 733. The fraction of sp³-hybridized carbons (Fsp3) is 0.412. The Kier molecular flexibility index (Phi) is 5.00. The lowest BCUT2D eigenvalue weighted by Crippen LogP contribution is -2.44. The molecule has 0 unspecified atom stereocenters. The Morgan fingerprint density at radius 3 is 2.72 bits per heavy atom. The van der Waals surface area contributed by atoms with Crippen LogP contribution in [-0.2, 0) is 6.61 Å². The molecule has 2 aromatic rings. The van der Waals surface area contributed by atoms with Gasteiger partial charge in [0, 0.05) is 13.1 Å². The standard InChI is InChI=1S/C17H19FN2O5/c1-20(14-6-7-15(21)16(14)22)17(23)13-8-12(25-19-13)9-24-11-4-2-10(18)3-5-11/h2-5,8,14-16,21-22H,6-7,9H2,1H3/t14-,15-,16-/m1/s1. The highest BCUT2D eigenvalue weighted by atomic mass is 19.1. The molecule has 0 spiro atoms. The van der Waals surface area contributed by atoms with Gasteiger partial charge >= 0.3 is 0 Å². The molecule has 1 aromatic heterocycles. The number of nitrogens with zero attached hydrogens (tertiary/aromatic N) is 2. The molecular formula is C17H19FN2O5. The summed E-state index contributed by atoms with van der Waals surface area (Å²) in [6, 6.07) is 6.52. The van der Waals surface area contributed by atoms with Gasteiger partial charge in [0.05, 0.1) is 12.1 Å². The number of hydrogen-bond acceptors (Lipinski definition) is 6. The predicted octanol–water partition coefficient (Wildman–Crippen LogP) is 1.35. The first-order chi connectivity index (χ1) is 12.0. The van der Waals surface area contributed by atoms with Crippen molar-refractivity contribution < 1.29 is 28.7 Å². The first-order valence-electron chi connectivity index (χ1n) is 7.93. The van der Waals surface area contributed by atoms with Gasteiger partial charge in [-0.15, -0.1) is 0 Å². The van der Waals surface area contributed by atoms with Crippen LogP contribution in [0.3, 0.4) is 0 Å². The van der Waals surface area contributed by atoms with Crippen molar-refractivity contribution in [3.8, 4) is 5.75 Å². The molecule has 1 heterocycles. The van der Waals surface area contributed by atoms with Crippen molar-refractivity contribution in [3.63, 3.8) is 0 Å². The Morgan fingerprint density at radius 2 is 2.08 bits per heavy atom. The van der Waals surface area contributed by atoms with Crippen molar-refractivity contribution in [2.24, 2.45) is 0 Å². The van der Waals surface area contributed by atoms with E-state index in [-0.39, 0.29) is 18.1 Å². The van der Waals surface area contributed by atoms with Crippen molar-refractivity contribution in [2.45, 2.75) is 37.7 Å². The first-order valence-corrected chi connectivity index (χ1v) is 7.93. The topological polar surface area (TPSA) is 96.0 Å². The molecule has 7 nitrogen and oxygen atoms in total. The van der Waals surface area contributed by atoms with Crippen LogP contribution < -0.4 is 4.74 Å². The van der Waals surface area contributed by atoms with E-state index in [4.69, 9.17) is 9.26 Å². The van der Waals surface area contributed by atoms with Gasteiger partial charge in [-0.3, -0.25) is 4.79 Å². The number of rotatable bonds is 5. The average molecular weight is 350 g/mol. The minimum absolute atomic E-state index is 0.0421. The van der Waals surface area contributed by atoms with Gasteiger partial charge in [0.15, 0.2) is 11.5 Å². The first kappa shape index (κ1) is 17.4. The summed E-state index contributed by atoms with van der Waals surface area (Å²) in [5.74, 6) is 0.0380. The second kappa shape index (κ2) is 7.20. The normalized spacial score (nSPS) is 22.8. The second-order valence-corrected chi connectivity index (χ2v) is 6.04. The molecule has 3 atom stereocenters. The fourth-order valence-corrected chi connectivity index (χ4v) is 2.86. The zero-order chi connectivity index (χ0) is 18.0. The molecule has 1 saturated carbocycles. The van der Waals surface area contributed by atoms with E-state index in [9.17, 15) is 19.4 Å². The molecular weight excluding hydrogens is 331 g/mol. The van der Waals surface area contributed by atoms with Gasteiger partial charge in [0.25, 0.3) is 5.91 Å². The maximum atomic E-state index is 12.8. The predicted molar refractivity (Wildman–Crippen MR) is 84.4 cm³/mol. The molecule has 25 heavy (non-hydrogen) atoms. The maximum absolute atomic E-state index is 12.8. The molecule has 0 bridgehead atoms. The van der Waals surface area contributed by atoms with E-state index in [1.165, 1.54) is 35.2 Å². The number of aliphatic hydroxyl groups excluding tert-OH is 2. The highest BCUT2D eigenvalue weighted by molar-refractivity contribution is 5.92. The minimum atomic E-state index is -0.970. The number of carbonyl (C=O) groups is 1. The Balaban J connectivity index is 1.60. The van der Waals surface area contributed by atoms with E-state index < -0.39 is 24.2 Å². The van der Waals surface area contributed by atoms with Crippen LogP contribution in [0.5, 0.6) is 5.75 Å². The average Bonchev–Trinajstić information content (AvgIpc) is 3.21. The number of halogens is 1. The quantitative estimate of drug-likeness (QED) is 0.845. The van der Waals surface area contributed by atoms with E-state index in [0.29, 0.717) is 24.4 Å². The lowest BCUT2D eigenvalue weighted by atomic mass is 10.1. The third-order valence-corrected chi connectivity index (χ3v) is 4.34. The number of carbonyl (C=O) groups excluding carboxylic acids is 1. The number of benzene rings is 1. The number of hydrogen-bond donors (Lipinski definition) is 2. The second-order valence-electron chi connectivity index (χ2n) is 6.04. The zero-order valence-electron chi connectivity index (χ0n) is 13.6. The van der Waals surface area contributed by atoms with Crippen molar-refractivity contribution in [3.05, 3.63) is 47.6 Å². The van der Waals surface area contributed by atoms with Gasteiger partial charge < -0.3 is 24.4 Å². The van der Waals surface area contributed by atoms with Crippen LogP contribution in [0.25, 0.3) is 0 Å². The van der Waals surface area contributed by atoms with Crippen molar-refractivity contribution >= 4 is 5.91 Å².